The molecule has 0 aromatic carbocycles. The number of hydrogen-bond donors (Lipinski definition) is 2. The number of rotatable bonds is 8. The summed E-state index contributed by atoms with van der Waals surface area (Å²) in [4.78, 5) is 1.31. The lowest BCUT2D eigenvalue weighted by atomic mass is 9.88. The van der Waals surface area contributed by atoms with Gasteiger partial charge in [0.1, 0.15) is 11.2 Å². The van der Waals surface area contributed by atoms with E-state index < -0.39 is 0 Å². The number of hydrogen-bond acceptors (Lipinski definition) is 10. The molecule has 0 radical (unpaired) electrons. The third-order valence-corrected chi connectivity index (χ3v) is 8.29. The number of anilines is 1. The van der Waals surface area contributed by atoms with Crippen LogP contribution in [0, 0.1) is 0 Å². The highest BCUT2D eigenvalue weighted by atomic mass is 32.2. The second-order valence-electron chi connectivity index (χ2n) is 8.07. The average molecular weight is 467 g/mol. The molecular formula is C20H30N6O3S2. The molecule has 1 saturated heterocycles. The topological polar surface area (TPSA) is 85.7 Å². The summed E-state index contributed by atoms with van der Waals surface area (Å²) in [6.45, 7) is 11.0. The van der Waals surface area contributed by atoms with Crippen molar-refractivity contribution in [2.75, 3.05) is 30.6 Å². The van der Waals surface area contributed by atoms with Crippen molar-refractivity contribution < 1.29 is 14.2 Å². The normalized spacial score (nSPS) is 24.3. The molecule has 0 bridgehead atoms. The SMILES string of the molecule is CCOC(CSc1nnc2n1-c1sc3c(c1C1NCNN21)C[C@@](C)(CC)OC3)OCC. The fourth-order valence-corrected chi connectivity index (χ4v) is 6.54. The van der Waals surface area contributed by atoms with Crippen LogP contribution in [0.1, 0.15) is 56.3 Å². The first kappa shape index (κ1) is 21.6. The molecule has 3 aliphatic rings. The lowest BCUT2D eigenvalue weighted by Crippen LogP contribution is -2.40. The molecular weight excluding hydrogens is 436 g/mol. The molecule has 2 N–H and O–H groups in total. The first-order chi connectivity index (χ1) is 15.1. The van der Waals surface area contributed by atoms with Crippen LogP contribution in [0.3, 0.4) is 0 Å². The zero-order valence-electron chi connectivity index (χ0n) is 18.4. The maximum Gasteiger partial charge on any atom is 0.249 e. The molecule has 0 amide bonds. The maximum atomic E-state index is 6.24. The second kappa shape index (κ2) is 8.62. The fraction of sp³-hybridized carbons (Fsp3) is 0.700. The zero-order valence-corrected chi connectivity index (χ0v) is 20.1. The third-order valence-electron chi connectivity index (χ3n) is 6.13. The summed E-state index contributed by atoms with van der Waals surface area (Å²) in [6, 6.07) is 0. The number of nitrogens with one attached hydrogen (secondary N) is 2. The first-order valence-corrected chi connectivity index (χ1v) is 12.7. The highest BCUT2D eigenvalue weighted by molar-refractivity contribution is 7.99. The maximum absolute atomic E-state index is 6.24. The molecule has 5 rings (SSSR count). The largest absolute Gasteiger partial charge is 0.369 e. The van der Waals surface area contributed by atoms with Gasteiger partial charge < -0.3 is 14.2 Å². The van der Waals surface area contributed by atoms with Crippen LogP contribution >= 0.6 is 23.1 Å². The van der Waals surface area contributed by atoms with Gasteiger partial charge in [-0.2, -0.15) is 0 Å². The lowest BCUT2D eigenvalue weighted by Gasteiger charge is -2.35. The number of nitrogens with zero attached hydrogens (tertiary/aromatic N) is 4. The van der Waals surface area contributed by atoms with Crippen molar-refractivity contribution in [2.24, 2.45) is 0 Å². The van der Waals surface area contributed by atoms with Gasteiger partial charge in [0.15, 0.2) is 11.4 Å². The Kier molecular flexibility index (Phi) is 6.01. The van der Waals surface area contributed by atoms with E-state index in [0.717, 1.165) is 23.9 Å². The predicted molar refractivity (Wildman–Crippen MR) is 121 cm³/mol. The molecule has 2 aromatic rings. The van der Waals surface area contributed by atoms with Crippen LogP contribution < -0.4 is 15.8 Å². The van der Waals surface area contributed by atoms with E-state index in [4.69, 9.17) is 14.2 Å². The average Bonchev–Trinajstić information content (AvgIpc) is 3.48. The van der Waals surface area contributed by atoms with Gasteiger partial charge in [-0.1, -0.05) is 18.7 Å². The molecule has 31 heavy (non-hydrogen) atoms. The Bertz CT molecular complexity index is 944. The molecule has 0 aliphatic carbocycles. The molecule has 5 heterocycles. The number of thiophene rings is 1. The molecule has 2 atom stereocenters. The van der Waals surface area contributed by atoms with Crippen LogP contribution in [0.15, 0.2) is 5.16 Å². The molecule has 0 saturated carbocycles. The van der Waals surface area contributed by atoms with Crippen molar-refractivity contribution in [2.45, 2.75) is 70.4 Å². The Morgan fingerprint density at radius 2 is 2.10 bits per heavy atom. The van der Waals surface area contributed by atoms with Crippen molar-refractivity contribution in [3.63, 3.8) is 0 Å². The van der Waals surface area contributed by atoms with Gasteiger partial charge in [0.25, 0.3) is 0 Å². The summed E-state index contributed by atoms with van der Waals surface area (Å²) in [7, 11) is 0. The van der Waals surface area contributed by atoms with E-state index in [1.807, 2.05) is 13.8 Å². The molecule has 11 heteroatoms. The summed E-state index contributed by atoms with van der Waals surface area (Å²) < 4.78 is 19.9. The number of hydrazine groups is 1. The van der Waals surface area contributed by atoms with Crippen LogP contribution in [0.25, 0.3) is 5.00 Å². The van der Waals surface area contributed by atoms with E-state index in [9.17, 15) is 0 Å². The Labute approximate surface area is 190 Å². The van der Waals surface area contributed by atoms with Crippen molar-refractivity contribution in [3.05, 3.63) is 16.0 Å². The van der Waals surface area contributed by atoms with Gasteiger partial charge in [-0.25, -0.2) is 9.99 Å². The summed E-state index contributed by atoms with van der Waals surface area (Å²) in [5, 5.41) is 16.8. The number of aromatic nitrogens is 3. The highest BCUT2D eigenvalue weighted by Gasteiger charge is 2.44. The molecule has 9 nitrogen and oxygen atoms in total. The Morgan fingerprint density at radius 1 is 1.29 bits per heavy atom. The molecule has 2 aromatic heterocycles. The minimum Gasteiger partial charge on any atom is -0.369 e. The van der Waals surface area contributed by atoms with Gasteiger partial charge in [-0.15, -0.1) is 21.5 Å². The van der Waals surface area contributed by atoms with E-state index >= 15 is 0 Å². The van der Waals surface area contributed by atoms with E-state index in [1.54, 1.807) is 23.1 Å². The summed E-state index contributed by atoms with van der Waals surface area (Å²) in [6.07, 6.45) is 1.72. The first-order valence-electron chi connectivity index (χ1n) is 10.9. The van der Waals surface area contributed by atoms with Crippen LogP contribution in [-0.4, -0.2) is 52.3 Å². The fourth-order valence-electron chi connectivity index (χ4n) is 4.34. The highest BCUT2D eigenvalue weighted by Crippen LogP contribution is 2.49. The summed E-state index contributed by atoms with van der Waals surface area (Å²) in [5.41, 5.74) is 6.04. The number of fused-ring (bicyclic) bond motifs is 8. The van der Waals surface area contributed by atoms with Gasteiger partial charge >= 0.3 is 0 Å². The quantitative estimate of drug-likeness (QED) is 0.450. The van der Waals surface area contributed by atoms with Crippen LogP contribution in [0.2, 0.25) is 0 Å². The second-order valence-corrected chi connectivity index (χ2v) is 10.1. The van der Waals surface area contributed by atoms with Crippen molar-refractivity contribution >= 4 is 29.0 Å². The van der Waals surface area contributed by atoms with Crippen molar-refractivity contribution in [1.82, 2.24) is 25.5 Å². The van der Waals surface area contributed by atoms with Gasteiger partial charge in [0, 0.05) is 30.1 Å². The van der Waals surface area contributed by atoms with Crippen LogP contribution in [-0.2, 0) is 27.2 Å². The van der Waals surface area contributed by atoms with Crippen LogP contribution in [0.5, 0.6) is 0 Å². The molecule has 0 spiro atoms. The van der Waals surface area contributed by atoms with E-state index in [-0.39, 0.29) is 18.1 Å². The van der Waals surface area contributed by atoms with E-state index in [2.05, 4.69) is 44.4 Å². The van der Waals surface area contributed by atoms with Gasteiger partial charge in [0.2, 0.25) is 5.95 Å². The Morgan fingerprint density at radius 3 is 2.84 bits per heavy atom. The Hall–Kier alpha value is -1.21. The summed E-state index contributed by atoms with van der Waals surface area (Å²) in [5.74, 6) is 1.47. The molecule has 1 unspecified atom stereocenters. The Balaban J connectivity index is 1.52. The van der Waals surface area contributed by atoms with Crippen molar-refractivity contribution in [1.29, 1.82) is 0 Å². The predicted octanol–water partition coefficient (Wildman–Crippen LogP) is 2.95. The van der Waals surface area contributed by atoms with Gasteiger partial charge in [-0.05, 0) is 32.8 Å². The summed E-state index contributed by atoms with van der Waals surface area (Å²) >= 11 is 3.42. The van der Waals surface area contributed by atoms with Crippen molar-refractivity contribution in [3.8, 4) is 5.00 Å². The monoisotopic (exact) mass is 466 g/mol. The lowest BCUT2D eigenvalue weighted by molar-refractivity contribution is -0.120. The molecule has 3 aliphatic heterocycles. The molecule has 1 fully saturated rings. The number of thioether (sulfide) groups is 1. The zero-order chi connectivity index (χ0) is 21.6. The van der Waals surface area contributed by atoms with Gasteiger partial charge in [-0.3, -0.25) is 10.3 Å². The van der Waals surface area contributed by atoms with Crippen LogP contribution in [0.4, 0.5) is 5.95 Å². The van der Waals surface area contributed by atoms with Gasteiger partial charge in [0.05, 0.1) is 24.6 Å². The minimum atomic E-state index is -0.259. The van der Waals surface area contributed by atoms with E-state index in [1.165, 1.54) is 21.0 Å². The molecule has 170 valence electrons. The standard InChI is InChI=1S/C20H30N6O3S2/c1-5-20(4)8-12-13(9-29-20)31-17-15(12)16-21-11-22-26(16)18-23-24-19(25(17)18)30-10-14(27-6-2)28-7-3/h14,16,21-22H,5-11H2,1-4H3/t16?,20-/m1/s1. The smallest absolute Gasteiger partial charge is 0.249 e. The van der Waals surface area contributed by atoms with E-state index in [0.29, 0.717) is 32.2 Å². The third kappa shape index (κ3) is 3.69. The number of ether oxygens (including phenoxy) is 3. The minimum absolute atomic E-state index is 0.0587.